The van der Waals surface area contributed by atoms with Crippen molar-refractivity contribution in [2.45, 2.75) is 44.1 Å². The third-order valence-electron chi connectivity index (χ3n) is 5.93. The number of allylic oxidation sites excluding steroid dienone is 2. The maximum Gasteiger partial charge on any atom is 0.389 e. The van der Waals surface area contributed by atoms with E-state index >= 15 is 8.78 Å². The molecule has 3 N–H and O–H groups in total. The van der Waals surface area contributed by atoms with Crippen LogP contribution in [0.3, 0.4) is 0 Å². The monoisotopic (exact) mass is 614 g/mol. The molecule has 0 saturated carbocycles. The second-order valence-electron chi connectivity index (χ2n) is 9.13. The molecule has 0 aliphatic heterocycles. The van der Waals surface area contributed by atoms with Crippen LogP contribution >= 0.6 is 11.6 Å². The van der Waals surface area contributed by atoms with Gasteiger partial charge in [-0.3, -0.25) is 14.4 Å². The van der Waals surface area contributed by atoms with Crippen molar-refractivity contribution < 1.29 is 36.9 Å². The van der Waals surface area contributed by atoms with Gasteiger partial charge in [0.25, 0.3) is 5.56 Å². The highest BCUT2D eigenvalue weighted by Gasteiger charge is 2.29. The van der Waals surface area contributed by atoms with Crippen molar-refractivity contribution in [2.24, 2.45) is 4.99 Å². The number of aliphatic imine (C=N–C) groups is 1. The molecule has 0 amide bonds. The van der Waals surface area contributed by atoms with E-state index in [0.717, 1.165) is 41.4 Å². The fraction of sp³-hybridized carbons (Fsp3) is 0.269. The maximum atomic E-state index is 15.6. The Morgan fingerprint density at radius 2 is 1.90 bits per heavy atom. The second kappa shape index (κ2) is 12.1. The second-order valence-corrected chi connectivity index (χ2v) is 11.5. The molecule has 1 unspecified atom stereocenters. The number of pyridine rings is 1. The van der Waals surface area contributed by atoms with E-state index in [9.17, 15) is 32.9 Å². The standard InChI is InChI=1S/C26H26ClF3N4O6S/c1-5-9-31-24(17-7-6-8-20(23(17)30)41(4,39)40)19(28)13-33-15(3)11-18(22(27)25(33)35)14(2)10-16-12-21(29)32-34(16)26(36,37)38/h5-9,11-14,36-38H,10H2,1-4H3/b9-5+,19-13-,31-24+. The van der Waals surface area contributed by atoms with Gasteiger partial charge in [-0.25, -0.2) is 17.2 Å². The van der Waals surface area contributed by atoms with Gasteiger partial charge in [0.1, 0.15) is 15.6 Å². The van der Waals surface area contributed by atoms with Crippen molar-refractivity contribution in [1.29, 1.82) is 0 Å². The van der Waals surface area contributed by atoms with Gasteiger partial charge in [-0.2, -0.15) is 9.07 Å². The lowest BCUT2D eigenvalue weighted by molar-refractivity contribution is -0.382. The van der Waals surface area contributed by atoms with Crippen LogP contribution < -0.4 is 5.56 Å². The van der Waals surface area contributed by atoms with Gasteiger partial charge < -0.3 is 15.3 Å². The third kappa shape index (κ3) is 7.02. The number of hydrogen-bond donors (Lipinski definition) is 3. The number of aryl methyl sites for hydroxylation is 1. The first kappa shape index (κ1) is 32.0. The quantitative estimate of drug-likeness (QED) is 0.247. The Morgan fingerprint density at radius 3 is 2.49 bits per heavy atom. The van der Waals surface area contributed by atoms with Gasteiger partial charge in [0.2, 0.25) is 5.95 Å². The molecular weight excluding hydrogens is 589 g/mol. The zero-order valence-corrected chi connectivity index (χ0v) is 23.8. The van der Waals surface area contributed by atoms with Crippen molar-refractivity contribution in [1.82, 2.24) is 14.3 Å². The summed E-state index contributed by atoms with van der Waals surface area (Å²) >= 11 is 6.33. The molecular formula is C26H26ClF3N4O6S. The molecule has 1 aromatic carbocycles. The highest BCUT2D eigenvalue weighted by molar-refractivity contribution is 7.90. The molecule has 2 heterocycles. The molecule has 41 heavy (non-hydrogen) atoms. The van der Waals surface area contributed by atoms with Gasteiger partial charge >= 0.3 is 6.10 Å². The SMILES string of the molecule is C/C=C/N=C(/C(F)=C/n1c(C)cc(C(C)Cc2cc(F)nn2C(O)(O)O)c(Cl)c1=O)c1cccc(S(C)(=O)=O)c1F. The minimum absolute atomic E-state index is 0.130. The van der Waals surface area contributed by atoms with Gasteiger partial charge in [0.15, 0.2) is 21.5 Å². The fourth-order valence-electron chi connectivity index (χ4n) is 4.05. The third-order valence-corrected chi connectivity index (χ3v) is 7.42. The van der Waals surface area contributed by atoms with E-state index in [0.29, 0.717) is 0 Å². The van der Waals surface area contributed by atoms with E-state index in [4.69, 9.17) is 11.6 Å². The topological polar surface area (TPSA) is 147 Å². The summed E-state index contributed by atoms with van der Waals surface area (Å²) in [6, 6.07) is 5.69. The van der Waals surface area contributed by atoms with E-state index < -0.39 is 61.2 Å². The summed E-state index contributed by atoms with van der Waals surface area (Å²) in [4.78, 5) is 16.4. The van der Waals surface area contributed by atoms with Gasteiger partial charge in [-0.05, 0) is 49.9 Å². The Morgan fingerprint density at radius 1 is 1.24 bits per heavy atom. The van der Waals surface area contributed by atoms with E-state index in [1.54, 1.807) is 13.8 Å². The minimum Gasteiger partial charge on any atom is -0.324 e. The van der Waals surface area contributed by atoms with E-state index in [1.807, 2.05) is 0 Å². The number of halogens is 4. The molecule has 0 aliphatic carbocycles. The van der Waals surface area contributed by atoms with Crippen LogP contribution in [0.4, 0.5) is 13.2 Å². The lowest BCUT2D eigenvalue weighted by Crippen LogP contribution is -2.35. The van der Waals surface area contributed by atoms with Crippen LogP contribution in [-0.2, 0) is 22.4 Å². The highest BCUT2D eigenvalue weighted by atomic mass is 35.5. The lowest BCUT2D eigenvalue weighted by Gasteiger charge is -2.20. The summed E-state index contributed by atoms with van der Waals surface area (Å²) in [5.74, 6) is -4.16. The average Bonchev–Trinajstić information content (AvgIpc) is 3.24. The van der Waals surface area contributed by atoms with Gasteiger partial charge in [0.05, 0.1) is 11.9 Å². The number of aromatic nitrogens is 3. The largest absolute Gasteiger partial charge is 0.389 e. The summed E-state index contributed by atoms with van der Waals surface area (Å²) in [5, 5.41) is 31.2. The molecule has 3 rings (SSSR count). The number of benzene rings is 1. The summed E-state index contributed by atoms with van der Waals surface area (Å²) in [6.45, 7) is 4.61. The van der Waals surface area contributed by atoms with Crippen LogP contribution in [-0.4, -0.2) is 50.1 Å². The summed E-state index contributed by atoms with van der Waals surface area (Å²) in [7, 11) is -3.99. The molecule has 0 spiro atoms. The van der Waals surface area contributed by atoms with Crippen LogP contribution in [0.15, 0.2) is 63.1 Å². The maximum absolute atomic E-state index is 15.6. The smallest absolute Gasteiger partial charge is 0.324 e. The Bertz CT molecular complexity index is 1740. The number of sulfone groups is 1. The lowest BCUT2D eigenvalue weighted by atomic mass is 9.96. The Balaban J connectivity index is 2.09. The molecule has 220 valence electrons. The van der Waals surface area contributed by atoms with Crippen LogP contribution in [0, 0.1) is 18.7 Å². The molecule has 3 aromatic rings. The molecule has 2 aromatic heterocycles. The molecule has 0 bridgehead atoms. The Kier molecular flexibility index (Phi) is 9.45. The number of aliphatic hydroxyl groups is 3. The first-order valence-corrected chi connectivity index (χ1v) is 14.1. The van der Waals surface area contributed by atoms with E-state index in [1.165, 1.54) is 25.1 Å². The molecule has 10 nitrogen and oxygen atoms in total. The van der Waals surface area contributed by atoms with Gasteiger partial charge in [-0.15, -0.1) is 5.10 Å². The van der Waals surface area contributed by atoms with Crippen LogP contribution in [0.2, 0.25) is 5.02 Å². The van der Waals surface area contributed by atoms with Crippen molar-refractivity contribution >= 4 is 33.3 Å². The summed E-state index contributed by atoms with van der Waals surface area (Å²) in [5.41, 5.74) is -1.64. The fourth-order valence-corrected chi connectivity index (χ4v) is 5.14. The zero-order valence-electron chi connectivity index (χ0n) is 22.2. The number of nitrogens with zero attached hydrogens (tertiary/aromatic N) is 4. The van der Waals surface area contributed by atoms with Gasteiger partial charge in [-0.1, -0.05) is 30.7 Å². The molecule has 0 fully saturated rings. The zero-order chi connectivity index (χ0) is 30.9. The van der Waals surface area contributed by atoms with Crippen molar-refractivity contribution in [3.05, 3.63) is 98.1 Å². The average molecular weight is 615 g/mol. The van der Waals surface area contributed by atoms with E-state index in [-0.39, 0.29) is 33.1 Å². The predicted octanol–water partition coefficient (Wildman–Crippen LogP) is 3.37. The van der Waals surface area contributed by atoms with E-state index in [2.05, 4.69) is 10.1 Å². The first-order chi connectivity index (χ1) is 19.0. The predicted molar refractivity (Wildman–Crippen MR) is 146 cm³/mol. The van der Waals surface area contributed by atoms with Gasteiger partial charge in [0, 0.05) is 29.8 Å². The van der Waals surface area contributed by atoms with Crippen molar-refractivity contribution in [3.63, 3.8) is 0 Å². The van der Waals surface area contributed by atoms with Crippen LogP contribution in [0.1, 0.15) is 42.3 Å². The number of hydrogen-bond acceptors (Lipinski definition) is 8. The minimum atomic E-state index is -3.99. The normalized spacial score (nSPS) is 14.2. The molecule has 0 saturated heterocycles. The Hall–Kier alpha value is -3.56. The summed E-state index contributed by atoms with van der Waals surface area (Å²) in [6.07, 6.45) is 0.504. The molecule has 1 atom stereocenters. The van der Waals surface area contributed by atoms with Crippen molar-refractivity contribution in [3.8, 4) is 0 Å². The summed E-state index contributed by atoms with van der Waals surface area (Å²) < 4.78 is 69.5. The van der Waals surface area contributed by atoms with Crippen LogP contribution in [0.5, 0.6) is 0 Å². The van der Waals surface area contributed by atoms with Crippen molar-refractivity contribution in [2.75, 3.05) is 6.26 Å². The highest BCUT2D eigenvalue weighted by Crippen LogP contribution is 2.28. The Labute approximate surface area is 237 Å². The number of rotatable bonds is 9. The molecule has 0 radical (unpaired) electrons. The first-order valence-electron chi connectivity index (χ1n) is 11.9. The molecule has 15 heteroatoms. The van der Waals surface area contributed by atoms with Crippen LogP contribution in [0.25, 0.3) is 6.20 Å². The molecule has 0 aliphatic rings.